The van der Waals surface area contributed by atoms with Crippen molar-refractivity contribution in [1.29, 1.82) is 0 Å². The van der Waals surface area contributed by atoms with Crippen molar-refractivity contribution in [1.82, 2.24) is 31.0 Å². The first-order valence-corrected chi connectivity index (χ1v) is 12.8. The van der Waals surface area contributed by atoms with Crippen LogP contribution in [0.2, 0.25) is 0 Å². The minimum Gasteiger partial charge on any atom is -0.447 e. The third kappa shape index (κ3) is 3.27. The SMILES string of the molecule is CC1CN2c3c(cc4c(c3F)ONC4N3C(=O)OCC3c3ncccn3)CC3(C(=O)NC(=O)NC3=O)C2C(C)O1. The number of hydrogen-bond acceptors (Lipinski definition) is 11. The highest BCUT2D eigenvalue weighted by Gasteiger charge is 2.63. The largest absolute Gasteiger partial charge is 0.447 e. The normalized spacial score (nSPS) is 30.2. The molecule has 5 amide bonds. The fourth-order valence-corrected chi connectivity index (χ4v) is 6.66. The predicted molar refractivity (Wildman–Crippen MR) is 130 cm³/mol. The molecule has 7 rings (SSSR count). The molecule has 1 aromatic carbocycles. The third-order valence-electron chi connectivity index (χ3n) is 8.15. The van der Waals surface area contributed by atoms with E-state index >= 15 is 4.39 Å². The summed E-state index contributed by atoms with van der Waals surface area (Å²) in [6, 6.07) is 0.746. The average Bonchev–Trinajstić information content (AvgIpc) is 3.50. The molecular weight excluding hydrogens is 529 g/mol. The number of halogens is 1. The number of rotatable bonds is 2. The van der Waals surface area contributed by atoms with Gasteiger partial charge in [-0.3, -0.25) is 25.1 Å². The van der Waals surface area contributed by atoms with Crippen molar-refractivity contribution >= 4 is 29.6 Å². The van der Waals surface area contributed by atoms with Gasteiger partial charge in [-0.05, 0) is 31.5 Å². The number of urea groups is 1. The van der Waals surface area contributed by atoms with E-state index in [1.165, 1.54) is 17.3 Å². The highest BCUT2D eigenvalue weighted by molar-refractivity contribution is 6.20. The maximum atomic E-state index is 16.4. The van der Waals surface area contributed by atoms with Gasteiger partial charge in [-0.2, -0.15) is 0 Å². The van der Waals surface area contributed by atoms with Gasteiger partial charge in [0.25, 0.3) is 0 Å². The Labute approximate surface area is 226 Å². The summed E-state index contributed by atoms with van der Waals surface area (Å²) in [5.74, 6) is -2.08. The Morgan fingerprint density at radius 2 is 1.82 bits per heavy atom. The maximum Gasteiger partial charge on any atom is 0.412 e. The van der Waals surface area contributed by atoms with Crippen LogP contribution in [0, 0.1) is 11.2 Å². The van der Waals surface area contributed by atoms with E-state index in [-0.39, 0.29) is 42.7 Å². The molecule has 0 aliphatic carbocycles. The van der Waals surface area contributed by atoms with Crippen LogP contribution in [0.5, 0.6) is 5.75 Å². The van der Waals surface area contributed by atoms with Gasteiger partial charge in [-0.25, -0.2) is 23.9 Å². The molecule has 5 atom stereocenters. The summed E-state index contributed by atoms with van der Waals surface area (Å²) in [6.45, 7) is 3.67. The molecule has 2 aromatic rings. The monoisotopic (exact) mass is 553 g/mol. The molecule has 40 heavy (non-hydrogen) atoms. The minimum absolute atomic E-state index is 0.0213. The van der Waals surface area contributed by atoms with Gasteiger partial charge >= 0.3 is 12.1 Å². The highest BCUT2D eigenvalue weighted by Crippen LogP contribution is 2.52. The summed E-state index contributed by atoms with van der Waals surface area (Å²) in [5.41, 5.74) is 1.72. The second-order valence-electron chi connectivity index (χ2n) is 10.5. The van der Waals surface area contributed by atoms with Crippen molar-refractivity contribution in [2.75, 3.05) is 18.1 Å². The fraction of sp³-hybridized carbons (Fsp3) is 0.440. The molecule has 1 spiro atoms. The molecule has 6 heterocycles. The van der Waals surface area contributed by atoms with Crippen LogP contribution in [0.3, 0.4) is 0 Å². The van der Waals surface area contributed by atoms with Gasteiger partial charge in [0, 0.05) is 30.9 Å². The number of ether oxygens (including phenoxy) is 2. The fourth-order valence-electron chi connectivity index (χ4n) is 6.66. The van der Waals surface area contributed by atoms with Gasteiger partial charge in [-0.1, -0.05) is 0 Å². The molecule has 3 saturated heterocycles. The average molecular weight is 554 g/mol. The number of morpholine rings is 1. The van der Waals surface area contributed by atoms with Gasteiger partial charge in [0.2, 0.25) is 11.8 Å². The molecule has 0 saturated carbocycles. The van der Waals surface area contributed by atoms with Crippen LogP contribution in [-0.4, -0.2) is 70.2 Å². The second-order valence-corrected chi connectivity index (χ2v) is 10.5. The Morgan fingerprint density at radius 1 is 1.10 bits per heavy atom. The number of barbiturate groups is 1. The number of anilines is 1. The smallest absolute Gasteiger partial charge is 0.412 e. The van der Waals surface area contributed by atoms with E-state index in [2.05, 4.69) is 26.1 Å². The van der Waals surface area contributed by atoms with Gasteiger partial charge in [0.1, 0.15) is 18.8 Å². The van der Waals surface area contributed by atoms with Crippen LogP contribution in [0.1, 0.15) is 43.0 Å². The molecule has 15 heteroatoms. The first kappa shape index (κ1) is 24.7. The quantitative estimate of drug-likeness (QED) is 0.446. The van der Waals surface area contributed by atoms with E-state index in [0.717, 1.165) is 0 Å². The summed E-state index contributed by atoms with van der Waals surface area (Å²) in [5, 5.41) is 4.42. The summed E-state index contributed by atoms with van der Waals surface area (Å²) in [6.07, 6.45) is 0.187. The number of imide groups is 2. The molecule has 14 nitrogen and oxygen atoms in total. The molecule has 5 aliphatic heterocycles. The second kappa shape index (κ2) is 8.56. The number of aromatic nitrogens is 2. The zero-order chi connectivity index (χ0) is 27.9. The van der Waals surface area contributed by atoms with Gasteiger partial charge in [0.05, 0.1) is 23.9 Å². The number of cyclic esters (lactones) is 1. The van der Waals surface area contributed by atoms with Gasteiger partial charge < -0.3 is 19.2 Å². The van der Waals surface area contributed by atoms with Crippen molar-refractivity contribution in [3.63, 3.8) is 0 Å². The van der Waals surface area contributed by atoms with Crippen LogP contribution in [-0.2, 0) is 25.5 Å². The van der Waals surface area contributed by atoms with E-state index < -0.39 is 59.5 Å². The van der Waals surface area contributed by atoms with E-state index in [4.69, 9.17) is 14.3 Å². The lowest BCUT2D eigenvalue weighted by Crippen LogP contribution is -2.75. The van der Waals surface area contributed by atoms with E-state index in [1.54, 1.807) is 24.0 Å². The topological polar surface area (TPSA) is 164 Å². The molecule has 208 valence electrons. The van der Waals surface area contributed by atoms with E-state index in [9.17, 15) is 19.2 Å². The number of nitrogens with zero attached hydrogens (tertiary/aromatic N) is 4. The van der Waals surface area contributed by atoms with Crippen LogP contribution in [0.25, 0.3) is 0 Å². The number of hydroxylamine groups is 1. The molecule has 5 aliphatic rings. The molecule has 3 fully saturated rings. The number of fused-ring (bicyclic) bond motifs is 5. The van der Waals surface area contributed by atoms with Crippen LogP contribution in [0.15, 0.2) is 24.5 Å². The van der Waals surface area contributed by atoms with Gasteiger partial charge in [-0.15, -0.1) is 5.48 Å². The molecule has 3 N–H and O–H groups in total. The van der Waals surface area contributed by atoms with Crippen molar-refractivity contribution in [2.45, 2.75) is 50.7 Å². The molecule has 5 unspecified atom stereocenters. The number of nitrogens with one attached hydrogen (secondary N) is 3. The summed E-state index contributed by atoms with van der Waals surface area (Å²) in [4.78, 5) is 68.7. The van der Waals surface area contributed by atoms with E-state index in [0.29, 0.717) is 11.4 Å². The first-order valence-electron chi connectivity index (χ1n) is 12.8. The van der Waals surface area contributed by atoms with Gasteiger partial charge in [0.15, 0.2) is 22.8 Å². The predicted octanol–water partition coefficient (Wildman–Crippen LogP) is 0.596. The lowest BCUT2D eigenvalue weighted by molar-refractivity contribution is -0.153. The molecule has 0 bridgehead atoms. The van der Waals surface area contributed by atoms with E-state index in [1.807, 2.05) is 6.92 Å². The minimum atomic E-state index is -1.78. The van der Waals surface area contributed by atoms with Crippen molar-refractivity contribution < 1.29 is 37.9 Å². The van der Waals surface area contributed by atoms with Crippen molar-refractivity contribution in [3.8, 4) is 5.75 Å². The zero-order valence-corrected chi connectivity index (χ0v) is 21.3. The number of carbonyl (C=O) groups excluding carboxylic acids is 4. The third-order valence-corrected chi connectivity index (χ3v) is 8.15. The number of amides is 5. The van der Waals surface area contributed by atoms with Crippen LogP contribution < -0.4 is 25.9 Å². The zero-order valence-electron chi connectivity index (χ0n) is 21.3. The number of carbonyl (C=O) groups is 4. The maximum absolute atomic E-state index is 16.4. The number of hydrogen-bond donors (Lipinski definition) is 3. The van der Waals surface area contributed by atoms with Crippen LogP contribution in [0.4, 0.5) is 19.7 Å². The Hall–Kier alpha value is -4.37. The molecule has 0 radical (unpaired) electrons. The summed E-state index contributed by atoms with van der Waals surface area (Å²) in [7, 11) is 0. The Bertz CT molecular complexity index is 1450. The summed E-state index contributed by atoms with van der Waals surface area (Å²) >= 11 is 0. The highest BCUT2D eigenvalue weighted by atomic mass is 19.1. The lowest BCUT2D eigenvalue weighted by atomic mass is 9.66. The number of benzene rings is 1. The summed E-state index contributed by atoms with van der Waals surface area (Å²) < 4.78 is 27.7. The Morgan fingerprint density at radius 3 is 2.55 bits per heavy atom. The molecule has 1 aromatic heterocycles. The van der Waals surface area contributed by atoms with Crippen LogP contribution >= 0.6 is 0 Å². The Kier molecular flexibility index (Phi) is 5.28. The van der Waals surface area contributed by atoms with Crippen molar-refractivity contribution in [2.24, 2.45) is 5.41 Å². The Balaban J connectivity index is 1.36. The first-order chi connectivity index (χ1) is 19.2. The standard InChI is InChI=1S/C25H24FN7O7/c1-10-8-32-16-12(7-25(18(32)11(2)39-10)21(34)29-23(36)30-22(25)35)6-13-17(15(16)26)40-31-20(13)33-14(9-38-24(33)37)19-27-4-3-5-28-19/h3-6,10-11,14,18,20,31H,7-9H2,1-2H3,(H2,29,30,34,35,36). The van der Waals surface area contributed by atoms with Crippen molar-refractivity contribution in [3.05, 3.63) is 47.3 Å². The molecular formula is C25H24FN7O7. The lowest BCUT2D eigenvalue weighted by Gasteiger charge is -2.55.